The molecule has 1 heterocycles. The Morgan fingerprint density at radius 1 is 1.33 bits per heavy atom. The highest BCUT2D eigenvalue weighted by molar-refractivity contribution is 6.29. The molecule has 2 rings (SSSR count). The predicted octanol–water partition coefficient (Wildman–Crippen LogP) is 2.90. The molecule has 0 radical (unpaired) electrons. The van der Waals surface area contributed by atoms with Crippen molar-refractivity contribution >= 4 is 11.6 Å². The predicted molar refractivity (Wildman–Crippen MR) is 82.7 cm³/mol. The molecule has 6 heteroatoms. The largest absolute Gasteiger partial charge is 0.493 e. The van der Waals surface area contributed by atoms with Gasteiger partial charge in [-0.3, -0.25) is 0 Å². The molecule has 21 heavy (non-hydrogen) atoms. The lowest BCUT2D eigenvalue weighted by molar-refractivity contribution is 0.282. The highest BCUT2D eigenvalue weighted by Crippen LogP contribution is 2.26. The number of benzene rings is 1. The highest BCUT2D eigenvalue weighted by atomic mass is 35.5. The van der Waals surface area contributed by atoms with Gasteiger partial charge in [0.2, 0.25) is 0 Å². The first-order valence-corrected chi connectivity index (χ1v) is 7.28. The molecule has 114 valence electrons. The zero-order valence-electron chi connectivity index (χ0n) is 12.3. The van der Waals surface area contributed by atoms with Gasteiger partial charge in [0.15, 0.2) is 0 Å². The number of aromatic nitrogens is 2. The minimum atomic E-state index is 0.327. The number of ether oxygens (including phenoxy) is 2. The third-order valence-corrected chi connectivity index (χ3v) is 3.47. The fraction of sp³-hybridized carbons (Fsp3) is 0.400. The third-order valence-electron chi connectivity index (χ3n) is 3.12. The normalized spacial score (nSPS) is 10.7. The Balaban J connectivity index is 2.11. The van der Waals surface area contributed by atoms with Gasteiger partial charge in [-0.2, -0.15) is 0 Å². The van der Waals surface area contributed by atoms with Crippen LogP contribution >= 0.6 is 11.6 Å². The third kappa shape index (κ3) is 3.89. The summed E-state index contributed by atoms with van der Waals surface area (Å²) in [6.45, 7) is 3.48. The van der Waals surface area contributed by atoms with Crippen molar-refractivity contribution in [3.8, 4) is 11.5 Å². The van der Waals surface area contributed by atoms with E-state index in [0.717, 1.165) is 23.6 Å². The summed E-state index contributed by atoms with van der Waals surface area (Å²) in [7, 11) is 1.85. The molecule has 0 fully saturated rings. The monoisotopic (exact) mass is 309 g/mol. The van der Waals surface area contributed by atoms with Crippen molar-refractivity contribution in [3.05, 3.63) is 40.9 Å². The number of halogens is 1. The molecule has 1 aromatic heterocycles. The van der Waals surface area contributed by atoms with E-state index in [4.69, 9.17) is 26.8 Å². The Morgan fingerprint density at radius 3 is 2.76 bits per heavy atom. The first kappa shape index (κ1) is 15.7. The average Bonchev–Trinajstić information content (AvgIpc) is 2.82. The van der Waals surface area contributed by atoms with Crippen LogP contribution < -0.4 is 15.2 Å². The number of nitrogens with zero attached hydrogens (tertiary/aromatic N) is 2. The van der Waals surface area contributed by atoms with E-state index in [2.05, 4.69) is 11.9 Å². The number of rotatable bonds is 7. The molecule has 1 aromatic carbocycles. The van der Waals surface area contributed by atoms with Crippen LogP contribution in [-0.4, -0.2) is 16.2 Å². The Labute approximate surface area is 129 Å². The molecule has 0 saturated heterocycles. The summed E-state index contributed by atoms with van der Waals surface area (Å²) in [4.78, 5) is 4.20. The minimum absolute atomic E-state index is 0.327. The molecular formula is C15H20ClN3O2. The Morgan fingerprint density at radius 2 is 2.14 bits per heavy atom. The summed E-state index contributed by atoms with van der Waals surface area (Å²) in [5.74, 6) is 2.25. The molecule has 0 aliphatic rings. The van der Waals surface area contributed by atoms with Gasteiger partial charge < -0.3 is 19.8 Å². The van der Waals surface area contributed by atoms with Gasteiger partial charge in [-0.15, -0.1) is 0 Å². The number of imidazole rings is 1. The van der Waals surface area contributed by atoms with E-state index >= 15 is 0 Å². The first-order valence-electron chi connectivity index (χ1n) is 6.90. The second-order valence-electron chi connectivity index (χ2n) is 4.67. The summed E-state index contributed by atoms with van der Waals surface area (Å²) in [5, 5.41) is 0.577. The van der Waals surface area contributed by atoms with Crippen LogP contribution in [-0.2, 0) is 20.2 Å². The van der Waals surface area contributed by atoms with Crippen LogP contribution in [0.5, 0.6) is 11.5 Å². The summed E-state index contributed by atoms with van der Waals surface area (Å²) in [5.41, 5.74) is 6.67. The fourth-order valence-corrected chi connectivity index (χ4v) is 1.99. The number of hydrogen-bond donors (Lipinski definition) is 1. The van der Waals surface area contributed by atoms with Gasteiger partial charge in [0.05, 0.1) is 12.8 Å². The van der Waals surface area contributed by atoms with Crippen molar-refractivity contribution in [2.24, 2.45) is 12.8 Å². The number of hydrogen-bond acceptors (Lipinski definition) is 4. The van der Waals surface area contributed by atoms with Gasteiger partial charge in [-0.05, 0) is 12.5 Å². The van der Waals surface area contributed by atoms with E-state index in [-0.39, 0.29) is 0 Å². The fourth-order valence-electron chi connectivity index (χ4n) is 1.85. The van der Waals surface area contributed by atoms with E-state index < -0.39 is 0 Å². The summed E-state index contributed by atoms with van der Waals surface area (Å²) in [6, 6.07) is 5.69. The first-order chi connectivity index (χ1) is 10.2. The lowest BCUT2D eigenvalue weighted by Crippen LogP contribution is -2.07. The van der Waals surface area contributed by atoms with Crippen molar-refractivity contribution < 1.29 is 9.47 Å². The van der Waals surface area contributed by atoms with Crippen LogP contribution in [0.15, 0.2) is 24.4 Å². The molecule has 2 aromatic rings. The number of nitrogens with two attached hydrogens (primary N) is 1. The molecule has 0 amide bonds. The molecule has 0 unspecified atom stereocenters. The van der Waals surface area contributed by atoms with Crippen molar-refractivity contribution in [1.82, 2.24) is 9.55 Å². The van der Waals surface area contributed by atoms with Crippen LogP contribution in [0.3, 0.4) is 0 Å². The second-order valence-corrected chi connectivity index (χ2v) is 5.05. The van der Waals surface area contributed by atoms with Crippen molar-refractivity contribution in [3.63, 3.8) is 0 Å². The molecule has 0 aliphatic carbocycles. The van der Waals surface area contributed by atoms with Crippen molar-refractivity contribution in [1.29, 1.82) is 0 Å². The standard InChI is InChI=1S/C15H20ClN3O2/c1-3-6-20-12-5-4-11(8-17)13(7-12)21-10-15-18-9-14(16)19(15)2/h4-5,7,9H,3,6,8,10,17H2,1-2H3. The summed E-state index contributed by atoms with van der Waals surface area (Å²) >= 11 is 5.96. The van der Waals surface area contributed by atoms with E-state index in [9.17, 15) is 0 Å². The molecule has 2 N–H and O–H groups in total. The summed E-state index contributed by atoms with van der Waals surface area (Å²) < 4.78 is 13.2. The Hall–Kier alpha value is -1.72. The van der Waals surface area contributed by atoms with Gasteiger partial charge in [0, 0.05) is 25.2 Å². The smallest absolute Gasteiger partial charge is 0.147 e. The zero-order valence-corrected chi connectivity index (χ0v) is 13.1. The van der Waals surface area contributed by atoms with Crippen LogP contribution in [0.2, 0.25) is 5.15 Å². The maximum absolute atomic E-state index is 5.96. The van der Waals surface area contributed by atoms with Crippen molar-refractivity contribution in [2.45, 2.75) is 26.5 Å². The Kier molecular flexibility index (Phi) is 5.47. The minimum Gasteiger partial charge on any atom is -0.493 e. The van der Waals surface area contributed by atoms with Crippen LogP contribution in [0.4, 0.5) is 0 Å². The van der Waals surface area contributed by atoms with Crippen LogP contribution in [0.25, 0.3) is 0 Å². The molecule has 0 atom stereocenters. The zero-order chi connectivity index (χ0) is 15.2. The highest BCUT2D eigenvalue weighted by Gasteiger charge is 2.09. The van der Waals surface area contributed by atoms with E-state index in [1.165, 1.54) is 0 Å². The molecule has 5 nitrogen and oxygen atoms in total. The quantitative estimate of drug-likeness (QED) is 0.854. The second kappa shape index (κ2) is 7.33. The molecule has 0 spiro atoms. The lowest BCUT2D eigenvalue weighted by atomic mass is 10.2. The topological polar surface area (TPSA) is 62.3 Å². The SMILES string of the molecule is CCCOc1ccc(CN)c(OCc2ncc(Cl)n2C)c1. The van der Waals surface area contributed by atoms with Gasteiger partial charge in [0.1, 0.15) is 29.1 Å². The van der Waals surface area contributed by atoms with Crippen LogP contribution in [0.1, 0.15) is 24.7 Å². The van der Waals surface area contributed by atoms with Crippen LogP contribution in [0, 0.1) is 0 Å². The average molecular weight is 310 g/mol. The van der Waals surface area contributed by atoms with Gasteiger partial charge in [-0.25, -0.2) is 4.98 Å². The van der Waals surface area contributed by atoms with E-state index in [1.807, 2.05) is 25.2 Å². The van der Waals surface area contributed by atoms with Gasteiger partial charge >= 0.3 is 0 Å². The van der Waals surface area contributed by atoms with E-state index in [1.54, 1.807) is 10.8 Å². The van der Waals surface area contributed by atoms with Gasteiger partial charge in [-0.1, -0.05) is 24.6 Å². The molecule has 0 aliphatic heterocycles. The maximum Gasteiger partial charge on any atom is 0.147 e. The van der Waals surface area contributed by atoms with Crippen molar-refractivity contribution in [2.75, 3.05) is 6.61 Å². The molecule has 0 bridgehead atoms. The lowest BCUT2D eigenvalue weighted by Gasteiger charge is -2.13. The molecular weight excluding hydrogens is 290 g/mol. The van der Waals surface area contributed by atoms with E-state index in [0.29, 0.717) is 30.7 Å². The molecule has 0 saturated carbocycles. The maximum atomic E-state index is 5.96. The van der Waals surface area contributed by atoms with Gasteiger partial charge in [0.25, 0.3) is 0 Å². The Bertz CT molecular complexity index is 599. The summed E-state index contributed by atoms with van der Waals surface area (Å²) in [6.07, 6.45) is 2.56.